The van der Waals surface area contributed by atoms with Crippen molar-refractivity contribution in [1.29, 1.82) is 0 Å². The van der Waals surface area contributed by atoms with Crippen molar-refractivity contribution in [2.24, 2.45) is 0 Å². The third kappa shape index (κ3) is 6.10. The van der Waals surface area contributed by atoms with E-state index in [9.17, 15) is 19.7 Å². The molecule has 0 amide bonds. The summed E-state index contributed by atoms with van der Waals surface area (Å²) in [5.41, 5.74) is 0.414. The number of esters is 1. The van der Waals surface area contributed by atoms with E-state index in [-0.39, 0.29) is 18.1 Å². The van der Waals surface area contributed by atoms with Crippen molar-refractivity contribution in [2.75, 3.05) is 13.2 Å². The number of hydrogen-bond donors (Lipinski definition) is 0. The fraction of sp³-hybridized carbons (Fsp3) is 0.263. The topological polar surface area (TPSA) is 95.7 Å². The predicted octanol–water partition coefficient (Wildman–Crippen LogP) is 3.90. The summed E-state index contributed by atoms with van der Waals surface area (Å²) < 4.78 is 10.4. The molecule has 0 aliphatic heterocycles. The molecule has 0 saturated carbocycles. The molecule has 7 nitrogen and oxygen atoms in total. The molecule has 27 heavy (non-hydrogen) atoms. The molecule has 0 spiro atoms. The molecule has 0 aromatic heterocycles. The van der Waals surface area contributed by atoms with Crippen LogP contribution in [0, 0.1) is 10.1 Å². The number of benzene rings is 2. The third-order valence-corrected chi connectivity index (χ3v) is 4.62. The Morgan fingerprint density at radius 3 is 2.30 bits per heavy atom. The van der Waals surface area contributed by atoms with Crippen LogP contribution in [-0.4, -0.2) is 35.1 Å². The van der Waals surface area contributed by atoms with Gasteiger partial charge in [0.2, 0.25) is 0 Å². The van der Waals surface area contributed by atoms with Gasteiger partial charge in [-0.15, -0.1) is 11.8 Å². The maximum atomic E-state index is 12.1. The van der Waals surface area contributed by atoms with Crippen LogP contribution in [0.25, 0.3) is 0 Å². The van der Waals surface area contributed by atoms with Crippen LogP contribution >= 0.6 is 11.8 Å². The van der Waals surface area contributed by atoms with E-state index in [0.29, 0.717) is 22.8 Å². The summed E-state index contributed by atoms with van der Waals surface area (Å²) in [6.45, 7) is 3.71. The van der Waals surface area contributed by atoms with Crippen molar-refractivity contribution < 1.29 is 24.0 Å². The summed E-state index contributed by atoms with van der Waals surface area (Å²) in [4.78, 5) is 35.0. The third-order valence-electron chi connectivity index (χ3n) is 3.53. The van der Waals surface area contributed by atoms with Gasteiger partial charge < -0.3 is 9.47 Å². The molecule has 0 fully saturated rings. The Morgan fingerprint density at radius 2 is 1.74 bits per heavy atom. The van der Waals surface area contributed by atoms with Gasteiger partial charge in [-0.05, 0) is 50.2 Å². The fourth-order valence-corrected chi connectivity index (χ4v) is 3.01. The number of hydrogen-bond acceptors (Lipinski definition) is 7. The molecule has 0 saturated heterocycles. The smallest absolute Gasteiger partial charge is 0.319 e. The summed E-state index contributed by atoms with van der Waals surface area (Å²) in [6.07, 6.45) is 0. The summed E-state index contributed by atoms with van der Waals surface area (Å²) in [5.74, 6) is -0.171. The highest BCUT2D eigenvalue weighted by molar-refractivity contribution is 8.00. The van der Waals surface area contributed by atoms with E-state index in [0.717, 1.165) is 0 Å². The van der Waals surface area contributed by atoms with Crippen molar-refractivity contribution in [3.63, 3.8) is 0 Å². The molecular weight excluding hydrogens is 370 g/mol. The van der Waals surface area contributed by atoms with Crippen LogP contribution in [0.2, 0.25) is 0 Å². The zero-order chi connectivity index (χ0) is 19.8. The average Bonchev–Trinajstić information content (AvgIpc) is 2.67. The van der Waals surface area contributed by atoms with Gasteiger partial charge in [0.05, 0.1) is 11.5 Å². The van der Waals surface area contributed by atoms with Crippen LogP contribution in [0.1, 0.15) is 24.2 Å². The van der Waals surface area contributed by atoms with Crippen LogP contribution in [0.4, 0.5) is 5.69 Å². The standard InChI is InChI=1S/C19H19NO6S/c1-3-25-16-8-4-14(5-9-16)18(21)12-26-19(22)13(2)27-17-10-6-15(7-11-17)20(23)24/h4-11,13H,3,12H2,1-2H3. The molecule has 0 heterocycles. The Kier molecular flexibility index (Phi) is 7.36. The number of carbonyl (C=O) groups excluding carboxylic acids is 2. The van der Waals surface area contributed by atoms with E-state index in [1.54, 1.807) is 43.3 Å². The molecule has 2 rings (SSSR count). The van der Waals surface area contributed by atoms with Crippen molar-refractivity contribution in [1.82, 2.24) is 0 Å². The van der Waals surface area contributed by atoms with Gasteiger partial charge in [-0.1, -0.05) is 0 Å². The zero-order valence-corrected chi connectivity index (χ0v) is 15.7. The Hall–Kier alpha value is -2.87. The van der Waals surface area contributed by atoms with E-state index in [2.05, 4.69) is 0 Å². The second-order valence-corrected chi connectivity index (χ2v) is 6.91. The zero-order valence-electron chi connectivity index (χ0n) is 14.9. The minimum atomic E-state index is -0.556. The molecule has 8 heteroatoms. The van der Waals surface area contributed by atoms with Crippen LogP contribution < -0.4 is 4.74 Å². The number of ether oxygens (including phenoxy) is 2. The number of nitro groups is 1. The largest absolute Gasteiger partial charge is 0.494 e. The van der Waals surface area contributed by atoms with Crippen LogP contribution in [0.5, 0.6) is 5.75 Å². The van der Waals surface area contributed by atoms with Crippen molar-refractivity contribution in [2.45, 2.75) is 24.0 Å². The van der Waals surface area contributed by atoms with E-state index in [1.165, 1.54) is 23.9 Å². The van der Waals surface area contributed by atoms with Crippen molar-refractivity contribution in [3.05, 3.63) is 64.2 Å². The lowest BCUT2D eigenvalue weighted by Gasteiger charge is -2.11. The molecule has 0 bridgehead atoms. The lowest BCUT2D eigenvalue weighted by atomic mass is 10.1. The fourth-order valence-electron chi connectivity index (χ4n) is 2.14. The Labute approximate surface area is 160 Å². The van der Waals surface area contributed by atoms with Gasteiger partial charge >= 0.3 is 5.97 Å². The molecule has 2 aromatic rings. The molecule has 142 valence electrons. The maximum absolute atomic E-state index is 12.1. The van der Waals surface area contributed by atoms with E-state index < -0.39 is 16.1 Å². The summed E-state index contributed by atoms with van der Waals surface area (Å²) in [7, 11) is 0. The lowest BCUT2D eigenvalue weighted by Crippen LogP contribution is -2.21. The minimum Gasteiger partial charge on any atom is -0.494 e. The first-order chi connectivity index (χ1) is 12.9. The van der Waals surface area contributed by atoms with Gasteiger partial charge in [-0.2, -0.15) is 0 Å². The SMILES string of the molecule is CCOc1ccc(C(=O)COC(=O)C(C)Sc2ccc([N+](=O)[O-])cc2)cc1. The quantitative estimate of drug-likeness (QED) is 0.211. The highest BCUT2D eigenvalue weighted by atomic mass is 32.2. The highest BCUT2D eigenvalue weighted by Gasteiger charge is 2.18. The Bertz CT molecular complexity index is 804. The van der Waals surface area contributed by atoms with Gasteiger partial charge in [-0.25, -0.2) is 0 Å². The molecule has 1 unspecified atom stereocenters. The molecule has 0 N–H and O–H groups in total. The monoisotopic (exact) mass is 389 g/mol. The van der Waals surface area contributed by atoms with Crippen LogP contribution in [0.3, 0.4) is 0 Å². The predicted molar refractivity (Wildman–Crippen MR) is 101 cm³/mol. The minimum absolute atomic E-state index is 0.0180. The number of rotatable bonds is 9. The van der Waals surface area contributed by atoms with Gasteiger partial charge in [0, 0.05) is 22.6 Å². The molecular formula is C19H19NO6S. The van der Waals surface area contributed by atoms with Crippen LogP contribution in [-0.2, 0) is 9.53 Å². The molecule has 0 aliphatic carbocycles. The normalized spacial score (nSPS) is 11.5. The first-order valence-electron chi connectivity index (χ1n) is 8.24. The number of ketones is 1. The number of non-ortho nitro benzene ring substituents is 1. The first-order valence-corrected chi connectivity index (χ1v) is 9.12. The summed E-state index contributed by atoms with van der Waals surface area (Å²) >= 11 is 1.20. The highest BCUT2D eigenvalue weighted by Crippen LogP contribution is 2.26. The van der Waals surface area contributed by atoms with Crippen molar-refractivity contribution >= 4 is 29.2 Å². The second kappa shape index (κ2) is 9.72. The van der Waals surface area contributed by atoms with Crippen LogP contribution in [0.15, 0.2) is 53.4 Å². The average molecular weight is 389 g/mol. The number of Topliss-reactive ketones (excluding diaryl/α,β-unsaturated/α-hetero) is 1. The molecule has 2 aromatic carbocycles. The lowest BCUT2D eigenvalue weighted by molar-refractivity contribution is -0.384. The number of nitrogens with zero attached hydrogens (tertiary/aromatic N) is 1. The molecule has 0 aliphatic rings. The second-order valence-electron chi connectivity index (χ2n) is 5.50. The number of carbonyl (C=O) groups is 2. The Morgan fingerprint density at radius 1 is 1.11 bits per heavy atom. The summed E-state index contributed by atoms with van der Waals surface area (Å²) in [5, 5.41) is 10.1. The molecule has 1 atom stereocenters. The van der Waals surface area contributed by atoms with E-state index in [1.807, 2.05) is 6.92 Å². The first kappa shape index (κ1) is 20.4. The number of nitro benzene ring substituents is 1. The van der Waals surface area contributed by atoms with Gasteiger partial charge in [0.15, 0.2) is 12.4 Å². The van der Waals surface area contributed by atoms with Gasteiger partial charge in [-0.3, -0.25) is 19.7 Å². The Balaban J connectivity index is 1.84. The maximum Gasteiger partial charge on any atom is 0.319 e. The van der Waals surface area contributed by atoms with E-state index >= 15 is 0 Å². The van der Waals surface area contributed by atoms with E-state index in [4.69, 9.17) is 9.47 Å². The van der Waals surface area contributed by atoms with Crippen molar-refractivity contribution in [3.8, 4) is 5.75 Å². The summed E-state index contributed by atoms with van der Waals surface area (Å²) in [6, 6.07) is 12.5. The number of thioether (sulfide) groups is 1. The molecule has 0 radical (unpaired) electrons. The van der Waals surface area contributed by atoms with Gasteiger partial charge in [0.1, 0.15) is 11.0 Å². The van der Waals surface area contributed by atoms with Gasteiger partial charge in [0.25, 0.3) is 5.69 Å².